The summed E-state index contributed by atoms with van der Waals surface area (Å²) in [4.78, 5) is 0. The molecular formula is C22H46O3. The van der Waals surface area contributed by atoms with E-state index >= 15 is 0 Å². The molecule has 0 aromatic carbocycles. The molecule has 0 radical (unpaired) electrons. The molecular weight excluding hydrogens is 312 g/mol. The van der Waals surface area contributed by atoms with Gasteiger partial charge in [0.25, 0.3) is 0 Å². The molecule has 0 heterocycles. The van der Waals surface area contributed by atoms with Crippen LogP contribution in [0.25, 0.3) is 0 Å². The molecule has 0 aromatic rings. The Morgan fingerprint density at radius 2 is 1.12 bits per heavy atom. The Morgan fingerprint density at radius 1 is 0.680 bits per heavy atom. The molecule has 0 saturated heterocycles. The summed E-state index contributed by atoms with van der Waals surface area (Å²) in [5.41, 5.74) is 0. The highest BCUT2D eigenvalue weighted by Gasteiger charge is 2.17. The monoisotopic (exact) mass is 358 g/mol. The van der Waals surface area contributed by atoms with Crippen molar-refractivity contribution in [2.24, 2.45) is 29.6 Å². The first-order valence-corrected chi connectivity index (χ1v) is 10.5. The van der Waals surface area contributed by atoms with Gasteiger partial charge >= 0.3 is 0 Å². The van der Waals surface area contributed by atoms with Gasteiger partial charge in [0.05, 0.1) is 6.10 Å². The number of ether oxygens (including phenoxy) is 2. The normalized spacial score (nSPS) is 19.2. The highest BCUT2D eigenvalue weighted by atomic mass is 16.7. The van der Waals surface area contributed by atoms with Crippen LogP contribution in [0.1, 0.15) is 86.5 Å². The summed E-state index contributed by atoms with van der Waals surface area (Å²) >= 11 is 0. The topological polar surface area (TPSA) is 38.7 Å². The van der Waals surface area contributed by atoms with Gasteiger partial charge in [0.2, 0.25) is 0 Å². The van der Waals surface area contributed by atoms with Gasteiger partial charge in [0.1, 0.15) is 6.79 Å². The minimum atomic E-state index is -0.166. The first-order chi connectivity index (χ1) is 11.7. The third kappa shape index (κ3) is 15.8. The maximum atomic E-state index is 9.51. The van der Waals surface area contributed by atoms with Crippen molar-refractivity contribution in [1.82, 2.24) is 0 Å². The summed E-state index contributed by atoms with van der Waals surface area (Å²) in [5, 5.41) is 9.51. The Hall–Kier alpha value is -0.120. The average molecular weight is 359 g/mol. The minimum absolute atomic E-state index is 0.166. The summed E-state index contributed by atoms with van der Waals surface area (Å²) in [6.45, 7) is 15.0. The molecule has 6 unspecified atom stereocenters. The Morgan fingerprint density at radius 3 is 1.56 bits per heavy atom. The highest BCUT2D eigenvalue weighted by molar-refractivity contribution is 4.68. The molecule has 152 valence electrons. The predicted molar refractivity (Wildman–Crippen MR) is 108 cm³/mol. The standard InChI is InChI=1S/C22H46O3/c1-17(9-8-10-25-16-24-7)11-18(2)12-19(3)13-20(4)14-21(5)15-22(6)23/h17-23H,8-16H2,1-7H3. The number of aliphatic hydroxyl groups is 1. The van der Waals surface area contributed by atoms with Gasteiger partial charge in [-0.25, -0.2) is 0 Å². The van der Waals surface area contributed by atoms with Crippen LogP contribution in [0.4, 0.5) is 0 Å². The molecule has 0 saturated carbocycles. The van der Waals surface area contributed by atoms with Crippen LogP contribution in [0.5, 0.6) is 0 Å². The fourth-order valence-corrected chi connectivity index (χ4v) is 4.51. The van der Waals surface area contributed by atoms with Crippen LogP contribution in [0.3, 0.4) is 0 Å². The lowest BCUT2D eigenvalue weighted by molar-refractivity contribution is -0.0323. The number of rotatable bonds is 16. The van der Waals surface area contributed by atoms with E-state index < -0.39 is 0 Å². The van der Waals surface area contributed by atoms with Crippen LogP contribution < -0.4 is 0 Å². The molecule has 0 aromatic heterocycles. The molecule has 1 N–H and O–H groups in total. The summed E-state index contributed by atoms with van der Waals surface area (Å²) in [6, 6.07) is 0. The molecule has 0 aliphatic rings. The van der Waals surface area contributed by atoms with Gasteiger partial charge in [0.15, 0.2) is 0 Å². The molecule has 0 fully saturated rings. The van der Waals surface area contributed by atoms with E-state index in [1.807, 2.05) is 6.92 Å². The van der Waals surface area contributed by atoms with Crippen LogP contribution in [0.15, 0.2) is 0 Å². The van der Waals surface area contributed by atoms with E-state index in [2.05, 4.69) is 34.6 Å². The van der Waals surface area contributed by atoms with Crippen molar-refractivity contribution in [2.45, 2.75) is 92.6 Å². The Labute approximate surface area is 157 Å². The smallest absolute Gasteiger partial charge is 0.146 e. The SMILES string of the molecule is COCOCCCC(C)CC(C)CC(C)CC(C)CC(C)CC(C)O. The molecule has 3 nitrogen and oxygen atoms in total. The summed E-state index contributed by atoms with van der Waals surface area (Å²) < 4.78 is 10.3. The molecule has 0 aliphatic heterocycles. The van der Waals surface area contributed by atoms with E-state index in [1.165, 1.54) is 32.1 Å². The fraction of sp³-hybridized carbons (Fsp3) is 1.00. The quantitative estimate of drug-likeness (QED) is 0.276. The maximum absolute atomic E-state index is 9.51. The Kier molecular flexibility index (Phi) is 14.9. The molecule has 6 atom stereocenters. The Bertz CT molecular complexity index is 293. The number of aliphatic hydroxyl groups excluding tert-OH is 1. The van der Waals surface area contributed by atoms with E-state index in [1.54, 1.807) is 7.11 Å². The zero-order valence-corrected chi connectivity index (χ0v) is 18.1. The maximum Gasteiger partial charge on any atom is 0.146 e. The van der Waals surface area contributed by atoms with Crippen LogP contribution in [-0.4, -0.2) is 31.7 Å². The minimum Gasteiger partial charge on any atom is -0.393 e. The van der Waals surface area contributed by atoms with Crippen molar-refractivity contribution in [3.8, 4) is 0 Å². The molecule has 0 bridgehead atoms. The Balaban J connectivity index is 3.86. The van der Waals surface area contributed by atoms with Crippen LogP contribution >= 0.6 is 0 Å². The third-order valence-corrected chi connectivity index (χ3v) is 5.15. The van der Waals surface area contributed by atoms with Crippen molar-refractivity contribution in [3.63, 3.8) is 0 Å². The summed E-state index contributed by atoms with van der Waals surface area (Å²) in [5.74, 6) is 3.75. The second-order valence-electron chi connectivity index (χ2n) is 9.01. The van der Waals surface area contributed by atoms with Gasteiger partial charge < -0.3 is 14.6 Å². The van der Waals surface area contributed by atoms with Crippen molar-refractivity contribution in [2.75, 3.05) is 20.5 Å². The number of hydrogen-bond donors (Lipinski definition) is 1. The lowest BCUT2D eigenvalue weighted by atomic mass is 9.82. The van der Waals surface area contributed by atoms with Gasteiger partial charge in [-0.2, -0.15) is 0 Å². The second kappa shape index (κ2) is 15.0. The van der Waals surface area contributed by atoms with Crippen molar-refractivity contribution in [3.05, 3.63) is 0 Å². The highest BCUT2D eigenvalue weighted by Crippen LogP contribution is 2.28. The van der Waals surface area contributed by atoms with Crippen LogP contribution in [-0.2, 0) is 9.47 Å². The molecule has 0 aliphatic carbocycles. The van der Waals surface area contributed by atoms with Gasteiger partial charge in [-0.1, -0.05) is 34.6 Å². The molecule has 0 spiro atoms. The lowest BCUT2D eigenvalue weighted by Gasteiger charge is -2.24. The molecule has 3 heteroatoms. The van der Waals surface area contributed by atoms with E-state index in [4.69, 9.17) is 9.47 Å². The van der Waals surface area contributed by atoms with Crippen LogP contribution in [0.2, 0.25) is 0 Å². The van der Waals surface area contributed by atoms with E-state index in [-0.39, 0.29) is 6.10 Å². The zero-order chi connectivity index (χ0) is 19.2. The van der Waals surface area contributed by atoms with Gasteiger partial charge in [-0.3, -0.25) is 0 Å². The molecule has 25 heavy (non-hydrogen) atoms. The molecule has 0 rings (SSSR count). The second-order valence-corrected chi connectivity index (χ2v) is 9.01. The van der Waals surface area contributed by atoms with Crippen molar-refractivity contribution in [1.29, 1.82) is 0 Å². The van der Waals surface area contributed by atoms with E-state index in [9.17, 15) is 5.11 Å². The zero-order valence-electron chi connectivity index (χ0n) is 18.1. The average Bonchev–Trinajstić information content (AvgIpc) is 2.44. The summed E-state index contributed by atoms with van der Waals surface area (Å²) in [6.07, 6.45) is 8.35. The largest absolute Gasteiger partial charge is 0.393 e. The van der Waals surface area contributed by atoms with Crippen molar-refractivity contribution >= 4 is 0 Å². The van der Waals surface area contributed by atoms with Gasteiger partial charge in [0, 0.05) is 13.7 Å². The van der Waals surface area contributed by atoms with Gasteiger partial charge in [-0.15, -0.1) is 0 Å². The fourth-order valence-electron chi connectivity index (χ4n) is 4.51. The first-order valence-electron chi connectivity index (χ1n) is 10.5. The number of hydrogen-bond acceptors (Lipinski definition) is 3. The molecule has 0 amide bonds. The third-order valence-electron chi connectivity index (χ3n) is 5.15. The lowest BCUT2D eigenvalue weighted by Crippen LogP contribution is -2.14. The number of methoxy groups -OCH3 is 1. The summed E-state index contributed by atoms with van der Waals surface area (Å²) in [7, 11) is 1.67. The van der Waals surface area contributed by atoms with Gasteiger partial charge in [-0.05, 0) is 81.5 Å². The first kappa shape index (κ1) is 24.9. The van der Waals surface area contributed by atoms with Crippen LogP contribution in [0, 0.1) is 29.6 Å². The van der Waals surface area contributed by atoms with E-state index in [0.29, 0.717) is 12.7 Å². The predicted octanol–water partition coefficient (Wildman–Crippen LogP) is 5.90. The van der Waals surface area contributed by atoms with Crippen molar-refractivity contribution < 1.29 is 14.6 Å². The van der Waals surface area contributed by atoms with E-state index in [0.717, 1.165) is 43.1 Å².